The molecule has 3 aliphatic rings. The molecule has 0 bridgehead atoms. The van der Waals surface area contributed by atoms with Gasteiger partial charge in [0.15, 0.2) is 0 Å². The van der Waals surface area contributed by atoms with Crippen LogP contribution in [0.4, 0.5) is 10.2 Å². The molecule has 1 aromatic heterocycles. The normalized spacial score (nSPS) is 21.6. The molecule has 6 rings (SSSR count). The van der Waals surface area contributed by atoms with Gasteiger partial charge in [0.25, 0.3) is 0 Å². The summed E-state index contributed by atoms with van der Waals surface area (Å²) in [4.78, 5) is 15.6. The quantitative estimate of drug-likeness (QED) is 0.413. The summed E-state index contributed by atoms with van der Waals surface area (Å²) in [5, 5.41) is 12.5. The van der Waals surface area contributed by atoms with Gasteiger partial charge in [-0.3, -0.25) is 4.79 Å². The number of fused-ring (bicyclic) bond motifs is 2. The summed E-state index contributed by atoms with van der Waals surface area (Å²) in [6.45, 7) is 5.83. The SMILES string of the molecule is Cc1cc(O[C@H]2CCOC2)cc(C)c1-c1ccc(F)c2c1CC[C@H]2Nc1cc2c(cn1)[C@H](CC(=O)O)CO2. The summed E-state index contributed by atoms with van der Waals surface area (Å²) in [5.74, 6) is 0.776. The molecule has 0 amide bonds. The van der Waals surface area contributed by atoms with E-state index < -0.39 is 5.97 Å². The largest absolute Gasteiger partial charge is 0.492 e. The number of hydrogen-bond acceptors (Lipinski definition) is 6. The van der Waals surface area contributed by atoms with Crippen molar-refractivity contribution in [2.45, 2.75) is 57.6 Å². The molecule has 0 unspecified atom stereocenters. The van der Waals surface area contributed by atoms with Gasteiger partial charge in [0.05, 0.1) is 32.3 Å². The highest BCUT2D eigenvalue weighted by Crippen LogP contribution is 2.44. The van der Waals surface area contributed by atoms with Crippen LogP contribution < -0.4 is 14.8 Å². The summed E-state index contributed by atoms with van der Waals surface area (Å²) in [6, 6.07) is 9.14. The first-order valence-corrected chi connectivity index (χ1v) is 13.2. The molecule has 8 heteroatoms. The lowest BCUT2D eigenvalue weighted by atomic mass is 9.90. The van der Waals surface area contributed by atoms with Gasteiger partial charge >= 0.3 is 5.97 Å². The lowest BCUT2D eigenvalue weighted by Crippen LogP contribution is -2.15. The van der Waals surface area contributed by atoms with Crippen molar-refractivity contribution in [2.75, 3.05) is 25.1 Å². The molecule has 0 spiro atoms. The zero-order chi connectivity index (χ0) is 26.4. The Morgan fingerprint density at radius 3 is 2.74 bits per heavy atom. The fourth-order valence-corrected chi connectivity index (χ4v) is 6.11. The molecule has 3 atom stereocenters. The molecule has 0 saturated carbocycles. The predicted molar refractivity (Wildman–Crippen MR) is 141 cm³/mol. The lowest BCUT2D eigenvalue weighted by molar-refractivity contribution is -0.137. The first-order valence-electron chi connectivity index (χ1n) is 13.2. The number of anilines is 1. The van der Waals surface area contributed by atoms with Crippen molar-refractivity contribution in [3.8, 4) is 22.6 Å². The maximum atomic E-state index is 15.3. The van der Waals surface area contributed by atoms with Gasteiger partial charge in [-0.1, -0.05) is 6.07 Å². The van der Waals surface area contributed by atoms with Crippen LogP contribution in [0, 0.1) is 19.7 Å². The first kappa shape index (κ1) is 24.7. The summed E-state index contributed by atoms with van der Waals surface area (Å²) in [5.41, 5.74) is 6.86. The van der Waals surface area contributed by atoms with Gasteiger partial charge in [0.2, 0.25) is 0 Å². The number of pyridine rings is 1. The number of nitrogens with zero attached hydrogens (tertiary/aromatic N) is 1. The maximum Gasteiger partial charge on any atom is 0.304 e. The smallest absolute Gasteiger partial charge is 0.304 e. The van der Waals surface area contributed by atoms with Crippen molar-refractivity contribution in [2.24, 2.45) is 0 Å². The maximum absolute atomic E-state index is 15.3. The van der Waals surface area contributed by atoms with Crippen molar-refractivity contribution in [3.63, 3.8) is 0 Å². The van der Waals surface area contributed by atoms with Gasteiger partial charge in [0.1, 0.15) is 29.2 Å². The fourth-order valence-electron chi connectivity index (χ4n) is 6.11. The number of aromatic nitrogens is 1. The molecule has 3 heterocycles. The minimum Gasteiger partial charge on any atom is -0.492 e. The molecular formula is C30H31FN2O5. The Kier molecular flexibility index (Phi) is 6.43. The molecule has 2 aromatic carbocycles. The van der Waals surface area contributed by atoms with Crippen molar-refractivity contribution in [1.82, 2.24) is 4.98 Å². The van der Waals surface area contributed by atoms with E-state index in [4.69, 9.17) is 19.3 Å². The number of halogens is 1. The fraction of sp³-hybridized carbons (Fsp3) is 0.400. The minimum atomic E-state index is -0.862. The zero-order valence-electron chi connectivity index (χ0n) is 21.6. The van der Waals surface area contributed by atoms with Gasteiger partial charge in [0, 0.05) is 35.7 Å². The predicted octanol–water partition coefficient (Wildman–Crippen LogP) is 5.72. The van der Waals surface area contributed by atoms with Crippen LogP contribution in [0.1, 0.15) is 59.0 Å². The third kappa shape index (κ3) is 4.58. The van der Waals surface area contributed by atoms with Gasteiger partial charge in [-0.25, -0.2) is 9.37 Å². The van der Waals surface area contributed by atoms with E-state index in [0.717, 1.165) is 65.0 Å². The zero-order valence-corrected chi connectivity index (χ0v) is 21.6. The first-order chi connectivity index (χ1) is 18.4. The number of carbonyl (C=O) groups is 1. The van der Waals surface area contributed by atoms with E-state index in [1.807, 2.05) is 6.07 Å². The Labute approximate surface area is 221 Å². The Morgan fingerprint density at radius 1 is 1.18 bits per heavy atom. The summed E-state index contributed by atoms with van der Waals surface area (Å²) in [7, 11) is 0. The highest BCUT2D eigenvalue weighted by atomic mass is 19.1. The average Bonchev–Trinajstić information content (AvgIpc) is 3.61. The molecule has 1 fully saturated rings. The standard InChI is InChI=1S/C30H31FN2O5/c1-16-9-20(38-19-7-8-36-15-19)10-17(2)29(16)21-3-5-24(31)30-22(21)4-6-25(30)33-27-12-26-23(13-32-27)18(14-37-26)11-28(34)35/h3,5,9-10,12-13,18-19,25H,4,6-8,11,14-15H2,1-2H3,(H,32,33)(H,34,35)/t18-,19+,25-/m1/s1. The minimum absolute atomic E-state index is 0.00633. The molecule has 1 aliphatic carbocycles. The third-order valence-corrected chi connectivity index (χ3v) is 7.82. The van der Waals surface area contributed by atoms with E-state index in [1.54, 1.807) is 18.3 Å². The molecule has 7 nitrogen and oxygen atoms in total. The number of aliphatic carboxylic acids is 1. The van der Waals surface area contributed by atoms with Gasteiger partial charge in [-0.2, -0.15) is 0 Å². The number of ether oxygens (including phenoxy) is 3. The summed E-state index contributed by atoms with van der Waals surface area (Å²) < 4.78 is 32.6. The number of hydrogen-bond donors (Lipinski definition) is 2. The highest BCUT2D eigenvalue weighted by molar-refractivity contribution is 5.77. The van der Waals surface area contributed by atoms with E-state index in [9.17, 15) is 4.79 Å². The Morgan fingerprint density at radius 2 is 2.00 bits per heavy atom. The number of nitrogens with one attached hydrogen (secondary N) is 1. The average molecular weight is 519 g/mol. The Bertz CT molecular complexity index is 1380. The van der Waals surface area contributed by atoms with E-state index in [1.165, 1.54) is 0 Å². The van der Waals surface area contributed by atoms with Crippen LogP contribution in [0.3, 0.4) is 0 Å². The van der Waals surface area contributed by atoms with Gasteiger partial charge in [-0.15, -0.1) is 0 Å². The van der Waals surface area contributed by atoms with Gasteiger partial charge in [-0.05, 0) is 72.7 Å². The van der Waals surface area contributed by atoms with Gasteiger partial charge < -0.3 is 24.6 Å². The topological polar surface area (TPSA) is 89.9 Å². The monoisotopic (exact) mass is 518 g/mol. The van der Waals surface area contributed by atoms with E-state index in [2.05, 4.69) is 36.3 Å². The second kappa shape index (κ2) is 9.91. The molecule has 0 radical (unpaired) electrons. The Hall–Kier alpha value is -3.65. The van der Waals surface area contributed by atoms with Crippen LogP contribution in [0.5, 0.6) is 11.5 Å². The van der Waals surface area contributed by atoms with E-state index in [-0.39, 0.29) is 30.3 Å². The number of aryl methyl sites for hydroxylation is 2. The van der Waals surface area contributed by atoms with Crippen LogP contribution in [-0.2, 0) is 16.0 Å². The second-order valence-electron chi connectivity index (χ2n) is 10.5. The molecule has 2 aliphatic heterocycles. The van der Waals surface area contributed by atoms with Crippen LogP contribution in [0.2, 0.25) is 0 Å². The lowest BCUT2D eigenvalue weighted by Gasteiger charge is -2.20. The van der Waals surface area contributed by atoms with E-state index in [0.29, 0.717) is 30.3 Å². The molecule has 1 saturated heterocycles. The Balaban J connectivity index is 1.27. The van der Waals surface area contributed by atoms with E-state index >= 15 is 4.39 Å². The van der Waals surface area contributed by atoms with Crippen molar-refractivity contribution in [1.29, 1.82) is 0 Å². The number of carboxylic acids is 1. The van der Waals surface area contributed by atoms with Crippen molar-refractivity contribution >= 4 is 11.8 Å². The molecule has 2 N–H and O–H groups in total. The molecule has 198 valence electrons. The number of rotatable bonds is 7. The molecular weight excluding hydrogens is 487 g/mol. The van der Waals surface area contributed by atoms with Crippen LogP contribution in [0.15, 0.2) is 36.5 Å². The summed E-state index contributed by atoms with van der Waals surface area (Å²) >= 11 is 0. The molecule has 3 aromatic rings. The third-order valence-electron chi connectivity index (χ3n) is 7.82. The van der Waals surface area contributed by atoms with Crippen molar-refractivity contribution in [3.05, 3.63) is 70.2 Å². The highest BCUT2D eigenvalue weighted by Gasteiger charge is 2.31. The van der Waals surface area contributed by atoms with Crippen LogP contribution >= 0.6 is 0 Å². The van der Waals surface area contributed by atoms with Crippen LogP contribution in [0.25, 0.3) is 11.1 Å². The summed E-state index contributed by atoms with van der Waals surface area (Å²) in [6.07, 6.45) is 4.15. The number of benzene rings is 2. The second-order valence-corrected chi connectivity index (χ2v) is 10.5. The van der Waals surface area contributed by atoms with Crippen molar-refractivity contribution < 1.29 is 28.5 Å². The molecule has 38 heavy (non-hydrogen) atoms. The van der Waals surface area contributed by atoms with Crippen LogP contribution in [-0.4, -0.2) is 42.0 Å². The number of carboxylic acid groups (broad SMARTS) is 1.